The molecule has 0 aliphatic rings. The molecule has 0 radical (unpaired) electrons. The number of nitrogens with zero attached hydrogens (tertiary/aromatic N) is 1. The van der Waals surface area contributed by atoms with E-state index in [4.69, 9.17) is 0 Å². The lowest BCUT2D eigenvalue weighted by Gasteiger charge is -2.04. The molecule has 0 bridgehead atoms. The Labute approximate surface area is 91.4 Å². The van der Waals surface area contributed by atoms with Crippen LogP contribution in [0.4, 0.5) is 10.1 Å². The number of carbonyl (C=O) groups excluding carboxylic acids is 1. The van der Waals surface area contributed by atoms with Crippen LogP contribution in [0, 0.1) is 15.9 Å². The fourth-order valence-corrected chi connectivity index (χ4v) is 1.18. The number of amides is 1. The van der Waals surface area contributed by atoms with Crippen molar-refractivity contribution in [3.8, 4) is 0 Å². The van der Waals surface area contributed by atoms with Crippen molar-refractivity contribution in [2.45, 2.75) is 13.3 Å². The van der Waals surface area contributed by atoms with E-state index in [0.29, 0.717) is 13.0 Å². The molecule has 0 atom stereocenters. The van der Waals surface area contributed by atoms with Crippen LogP contribution < -0.4 is 5.32 Å². The molecule has 5 nitrogen and oxygen atoms in total. The number of hydrogen-bond acceptors (Lipinski definition) is 3. The summed E-state index contributed by atoms with van der Waals surface area (Å²) < 4.78 is 12.9. The second kappa shape index (κ2) is 5.20. The lowest BCUT2D eigenvalue weighted by Crippen LogP contribution is -2.24. The van der Waals surface area contributed by atoms with Gasteiger partial charge in [0.15, 0.2) is 0 Å². The zero-order chi connectivity index (χ0) is 12.1. The Balaban J connectivity index is 3.04. The van der Waals surface area contributed by atoms with Gasteiger partial charge in [-0.3, -0.25) is 14.9 Å². The van der Waals surface area contributed by atoms with E-state index in [9.17, 15) is 19.3 Å². The first kappa shape index (κ1) is 12.1. The standard InChI is InChI=1S/C10H11FN2O3/c1-2-5-12-10(14)8-6-7(11)3-4-9(8)13(15)16/h3-4,6H,2,5H2,1H3,(H,12,14). The third-order valence-electron chi connectivity index (χ3n) is 1.94. The molecule has 1 aromatic rings. The Morgan fingerprint density at radius 2 is 2.25 bits per heavy atom. The maximum absolute atomic E-state index is 12.9. The number of benzene rings is 1. The largest absolute Gasteiger partial charge is 0.352 e. The number of halogens is 1. The average molecular weight is 226 g/mol. The maximum atomic E-state index is 12.9. The highest BCUT2D eigenvalue weighted by atomic mass is 19.1. The molecule has 0 aliphatic carbocycles. The number of nitrogens with one attached hydrogen (secondary N) is 1. The quantitative estimate of drug-likeness (QED) is 0.629. The predicted molar refractivity (Wildman–Crippen MR) is 55.7 cm³/mol. The van der Waals surface area contributed by atoms with Gasteiger partial charge in [-0.15, -0.1) is 0 Å². The maximum Gasteiger partial charge on any atom is 0.282 e. The Bertz CT molecular complexity index is 421. The van der Waals surface area contributed by atoms with Crippen molar-refractivity contribution in [2.75, 3.05) is 6.54 Å². The van der Waals surface area contributed by atoms with Gasteiger partial charge in [-0.2, -0.15) is 0 Å². The van der Waals surface area contributed by atoms with Gasteiger partial charge in [-0.05, 0) is 18.6 Å². The Kier molecular flexibility index (Phi) is 3.93. The van der Waals surface area contributed by atoms with E-state index >= 15 is 0 Å². The van der Waals surface area contributed by atoms with E-state index in [1.165, 1.54) is 0 Å². The molecule has 0 fully saturated rings. The van der Waals surface area contributed by atoms with Crippen LogP contribution in [0.25, 0.3) is 0 Å². The van der Waals surface area contributed by atoms with Crippen molar-refractivity contribution >= 4 is 11.6 Å². The van der Waals surface area contributed by atoms with Crippen LogP contribution in [-0.2, 0) is 0 Å². The summed E-state index contributed by atoms with van der Waals surface area (Å²) in [5, 5.41) is 13.1. The van der Waals surface area contributed by atoms with Crippen LogP contribution in [0.1, 0.15) is 23.7 Å². The van der Waals surface area contributed by atoms with Gasteiger partial charge in [0.1, 0.15) is 11.4 Å². The summed E-state index contributed by atoms with van der Waals surface area (Å²) >= 11 is 0. The molecule has 0 saturated carbocycles. The van der Waals surface area contributed by atoms with Gasteiger partial charge >= 0.3 is 0 Å². The van der Waals surface area contributed by atoms with Crippen LogP contribution in [0.15, 0.2) is 18.2 Å². The van der Waals surface area contributed by atoms with Crippen molar-refractivity contribution in [3.05, 3.63) is 39.7 Å². The summed E-state index contributed by atoms with van der Waals surface area (Å²) in [5.74, 6) is -1.31. The topological polar surface area (TPSA) is 72.2 Å². The minimum absolute atomic E-state index is 0.251. The molecule has 6 heteroatoms. The smallest absolute Gasteiger partial charge is 0.282 e. The van der Waals surface area contributed by atoms with Crippen molar-refractivity contribution in [1.82, 2.24) is 5.32 Å². The molecule has 0 aliphatic heterocycles. The van der Waals surface area contributed by atoms with Crippen LogP contribution in [0.2, 0.25) is 0 Å². The summed E-state index contributed by atoms with van der Waals surface area (Å²) in [4.78, 5) is 21.4. The molecule has 0 heterocycles. The Morgan fingerprint density at radius 1 is 1.56 bits per heavy atom. The number of nitro benzene ring substituents is 1. The highest BCUT2D eigenvalue weighted by molar-refractivity contribution is 5.98. The second-order valence-electron chi connectivity index (χ2n) is 3.17. The van der Waals surface area contributed by atoms with Gasteiger partial charge in [0.25, 0.3) is 11.6 Å². The van der Waals surface area contributed by atoms with Gasteiger partial charge < -0.3 is 5.32 Å². The molecule has 1 rings (SSSR count). The van der Waals surface area contributed by atoms with E-state index < -0.39 is 22.3 Å². The SMILES string of the molecule is CCCNC(=O)c1cc(F)ccc1[N+](=O)[O-]. The first-order valence-electron chi connectivity index (χ1n) is 4.78. The zero-order valence-electron chi connectivity index (χ0n) is 8.70. The summed E-state index contributed by atoms with van der Waals surface area (Å²) in [6.07, 6.45) is 0.703. The Hall–Kier alpha value is -1.98. The molecule has 86 valence electrons. The van der Waals surface area contributed by atoms with Crippen LogP contribution in [0.5, 0.6) is 0 Å². The van der Waals surface area contributed by atoms with Crippen molar-refractivity contribution in [3.63, 3.8) is 0 Å². The second-order valence-corrected chi connectivity index (χ2v) is 3.17. The predicted octanol–water partition coefficient (Wildman–Crippen LogP) is 1.87. The van der Waals surface area contributed by atoms with Crippen LogP contribution in [-0.4, -0.2) is 17.4 Å². The van der Waals surface area contributed by atoms with E-state index in [2.05, 4.69) is 5.32 Å². The van der Waals surface area contributed by atoms with Gasteiger partial charge in [0, 0.05) is 12.6 Å². The third-order valence-corrected chi connectivity index (χ3v) is 1.94. The minimum Gasteiger partial charge on any atom is -0.352 e. The monoisotopic (exact) mass is 226 g/mol. The number of nitro groups is 1. The number of rotatable bonds is 4. The normalized spacial score (nSPS) is 9.88. The molecule has 0 saturated heterocycles. The lowest BCUT2D eigenvalue weighted by molar-refractivity contribution is -0.385. The summed E-state index contributed by atoms with van der Waals surface area (Å²) in [6, 6.07) is 2.80. The first-order chi connectivity index (χ1) is 7.56. The van der Waals surface area contributed by atoms with E-state index in [-0.39, 0.29) is 5.56 Å². The van der Waals surface area contributed by atoms with E-state index in [1.807, 2.05) is 6.92 Å². The average Bonchev–Trinajstić information content (AvgIpc) is 2.25. The van der Waals surface area contributed by atoms with E-state index in [1.54, 1.807) is 0 Å². The van der Waals surface area contributed by atoms with Crippen LogP contribution in [0.3, 0.4) is 0 Å². The number of carbonyl (C=O) groups is 1. The van der Waals surface area contributed by atoms with Gasteiger partial charge in [-0.25, -0.2) is 4.39 Å². The molecule has 0 spiro atoms. The van der Waals surface area contributed by atoms with E-state index in [0.717, 1.165) is 18.2 Å². The Morgan fingerprint density at radius 3 is 2.81 bits per heavy atom. The molecular formula is C10H11FN2O3. The van der Waals surface area contributed by atoms with Crippen molar-refractivity contribution in [1.29, 1.82) is 0 Å². The third kappa shape index (κ3) is 2.75. The molecular weight excluding hydrogens is 215 g/mol. The molecule has 0 aromatic heterocycles. The van der Waals surface area contributed by atoms with Gasteiger partial charge in [-0.1, -0.05) is 6.92 Å². The van der Waals surface area contributed by atoms with Gasteiger partial charge in [0.05, 0.1) is 4.92 Å². The molecule has 0 unspecified atom stereocenters. The highest BCUT2D eigenvalue weighted by Gasteiger charge is 2.20. The lowest BCUT2D eigenvalue weighted by atomic mass is 10.1. The van der Waals surface area contributed by atoms with Crippen molar-refractivity contribution in [2.24, 2.45) is 0 Å². The number of hydrogen-bond donors (Lipinski definition) is 1. The van der Waals surface area contributed by atoms with Crippen molar-refractivity contribution < 1.29 is 14.1 Å². The van der Waals surface area contributed by atoms with Gasteiger partial charge in [0.2, 0.25) is 0 Å². The summed E-state index contributed by atoms with van der Waals surface area (Å²) in [7, 11) is 0. The highest BCUT2D eigenvalue weighted by Crippen LogP contribution is 2.19. The molecule has 1 N–H and O–H groups in total. The summed E-state index contributed by atoms with van der Waals surface area (Å²) in [6.45, 7) is 2.24. The summed E-state index contributed by atoms with van der Waals surface area (Å²) in [5.41, 5.74) is -0.645. The fourth-order valence-electron chi connectivity index (χ4n) is 1.18. The minimum atomic E-state index is -0.708. The molecule has 16 heavy (non-hydrogen) atoms. The molecule has 1 amide bonds. The first-order valence-corrected chi connectivity index (χ1v) is 4.78. The fraction of sp³-hybridized carbons (Fsp3) is 0.300. The molecule has 1 aromatic carbocycles. The van der Waals surface area contributed by atoms with Crippen LogP contribution >= 0.6 is 0 Å². The zero-order valence-corrected chi connectivity index (χ0v) is 8.70.